The van der Waals surface area contributed by atoms with Gasteiger partial charge in [0.15, 0.2) is 0 Å². The van der Waals surface area contributed by atoms with Crippen molar-refractivity contribution < 1.29 is 15.0 Å². The molecule has 1 atom stereocenters. The van der Waals surface area contributed by atoms with Crippen LogP contribution in [-0.4, -0.2) is 42.3 Å². The number of ketones is 1. The van der Waals surface area contributed by atoms with Gasteiger partial charge in [-0.2, -0.15) is 0 Å². The van der Waals surface area contributed by atoms with Gasteiger partial charge in [0.2, 0.25) is 0 Å². The molecule has 0 spiro atoms. The van der Waals surface area contributed by atoms with Gasteiger partial charge in [-0.05, 0) is 35.4 Å². The number of nitrogens with zero attached hydrogens (tertiary/aromatic N) is 1. The number of benzene rings is 1. The second-order valence-corrected chi connectivity index (χ2v) is 7.43. The number of aliphatic hydroxyl groups is 2. The molecule has 1 aliphatic carbocycles. The van der Waals surface area contributed by atoms with Crippen molar-refractivity contribution in [2.45, 2.75) is 33.1 Å². The number of rotatable bonds is 7. The van der Waals surface area contributed by atoms with E-state index in [9.17, 15) is 4.79 Å². The zero-order valence-corrected chi connectivity index (χ0v) is 14.7. The van der Waals surface area contributed by atoms with Crippen LogP contribution in [0.5, 0.6) is 0 Å². The Morgan fingerprint density at radius 2 is 1.79 bits per heavy atom. The molecule has 0 saturated heterocycles. The third-order valence-corrected chi connectivity index (χ3v) is 4.54. The van der Waals surface area contributed by atoms with E-state index in [0.29, 0.717) is 37.6 Å². The zero-order chi connectivity index (χ0) is 17.6. The largest absolute Gasteiger partial charge is 0.395 e. The van der Waals surface area contributed by atoms with Crippen LogP contribution in [0.1, 0.15) is 38.7 Å². The van der Waals surface area contributed by atoms with Crippen molar-refractivity contribution in [1.82, 2.24) is 0 Å². The van der Waals surface area contributed by atoms with Crippen molar-refractivity contribution in [3.63, 3.8) is 0 Å². The monoisotopic (exact) mass is 331 g/mol. The fraction of sp³-hybridized carbons (Fsp3) is 0.550. The van der Waals surface area contributed by atoms with Crippen LogP contribution < -0.4 is 4.90 Å². The van der Waals surface area contributed by atoms with Crippen molar-refractivity contribution in [3.8, 4) is 0 Å². The summed E-state index contributed by atoms with van der Waals surface area (Å²) in [5.41, 5.74) is 2.19. The van der Waals surface area contributed by atoms with Gasteiger partial charge in [0.1, 0.15) is 5.78 Å². The molecule has 0 aromatic heterocycles. The quantitative estimate of drug-likeness (QED) is 0.806. The first-order chi connectivity index (χ1) is 11.4. The number of anilines is 1. The van der Waals surface area contributed by atoms with E-state index in [1.807, 2.05) is 29.2 Å². The molecule has 0 bridgehead atoms. The normalized spacial score (nSPS) is 20.5. The molecule has 1 aliphatic rings. The minimum absolute atomic E-state index is 0.0626. The summed E-state index contributed by atoms with van der Waals surface area (Å²) in [4.78, 5) is 13.8. The fourth-order valence-electron chi connectivity index (χ4n) is 3.54. The molecular weight excluding hydrogens is 302 g/mol. The number of carbonyl (C=O) groups excluding carboxylic acids is 1. The van der Waals surface area contributed by atoms with Crippen molar-refractivity contribution >= 4 is 17.5 Å². The van der Waals surface area contributed by atoms with Crippen LogP contribution in [0.3, 0.4) is 0 Å². The first-order valence-electron chi connectivity index (χ1n) is 8.70. The summed E-state index contributed by atoms with van der Waals surface area (Å²) in [5.74, 6) is 0.682. The lowest BCUT2D eigenvalue weighted by Gasteiger charge is -2.32. The van der Waals surface area contributed by atoms with Crippen molar-refractivity contribution in [1.29, 1.82) is 0 Å². The van der Waals surface area contributed by atoms with Gasteiger partial charge in [0.05, 0.1) is 13.2 Å². The lowest BCUT2D eigenvalue weighted by Crippen LogP contribution is -2.29. The fourth-order valence-corrected chi connectivity index (χ4v) is 3.54. The Hall–Kier alpha value is -1.65. The summed E-state index contributed by atoms with van der Waals surface area (Å²) in [7, 11) is 0. The lowest BCUT2D eigenvalue weighted by molar-refractivity contribution is -0.124. The average Bonchev–Trinajstić information content (AvgIpc) is 2.51. The second kappa shape index (κ2) is 8.45. The molecule has 1 saturated carbocycles. The molecular formula is C20H29NO3. The predicted octanol–water partition coefficient (Wildman–Crippen LogP) is 2.89. The molecule has 4 heteroatoms. The molecule has 0 aliphatic heterocycles. The summed E-state index contributed by atoms with van der Waals surface area (Å²) in [5, 5.41) is 18.2. The highest BCUT2D eigenvalue weighted by Gasteiger charge is 2.31. The summed E-state index contributed by atoms with van der Waals surface area (Å²) >= 11 is 0. The maximum atomic E-state index is 11.9. The number of hydrogen-bond donors (Lipinski definition) is 2. The molecule has 24 heavy (non-hydrogen) atoms. The number of hydrogen-bond acceptors (Lipinski definition) is 4. The number of Topliss-reactive ketones (excluding diaryl/α,β-unsaturated/α-hetero) is 1. The van der Waals surface area contributed by atoms with Gasteiger partial charge in [-0.3, -0.25) is 4.79 Å². The molecule has 132 valence electrons. The van der Waals surface area contributed by atoms with Gasteiger partial charge in [0, 0.05) is 31.6 Å². The van der Waals surface area contributed by atoms with Crippen LogP contribution in [0.2, 0.25) is 0 Å². The first-order valence-corrected chi connectivity index (χ1v) is 8.70. The van der Waals surface area contributed by atoms with E-state index in [4.69, 9.17) is 10.2 Å². The molecule has 0 heterocycles. The smallest absolute Gasteiger partial charge is 0.134 e. The number of allylic oxidation sites excluding steroid dienone is 1. The zero-order valence-electron chi connectivity index (χ0n) is 14.7. The van der Waals surface area contributed by atoms with Gasteiger partial charge in [-0.1, -0.05) is 38.1 Å². The minimum atomic E-state index is 0.0626. The topological polar surface area (TPSA) is 60.8 Å². The van der Waals surface area contributed by atoms with E-state index in [0.717, 1.165) is 17.7 Å². The van der Waals surface area contributed by atoms with Crippen LogP contribution in [-0.2, 0) is 4.79 Å². The van der Waals surface area contributed by atoms with E-state index in [1.165, 1.54) is 0 Å². The number of aliphatic hydroxyl groups excluding tert-OH is 2. The Kier molecular flexibility index (Phi) is 6.58. The Bertz CT molecular complexity index is 557. The van der Waals surface area contributed by atoms with Gasteiger partial charge in [0.25, 0.3) is 0 Å². The van der Waals surface area contributed by atoms with Crippen molar-refractivity contribution in [3.05, 3.63) is 35.9 Å². The molecule has 1 fully saturated rings. The summed E-state index contributed by atoms with van der Waals surface area (Å²) < 4.78 is 0. The van der Waals surface area contributed by atoms with Gasteiger partial charge < -0.3 is 15.1 Å². The maximum Gasteiger partial charge on any atom is 0.134 e. The molecule has 4 nitrogen and oxygen atoms in total. The third kappa shape index (κ3) is 5.46. The Labute approximate surface area is 144 Å². The van der Waals surface area contributed by atoms with Crippen LogP contribution >= 0.6 is 0 Å². The first kappa shape index (κ1) is 18.7. The highest BCUT2D eigenvalue weighted by Crippen LogP contribution is 2.37. The van der Waals surface area contributed by atoms with Crippen molar-refractivity contribution in [2.75, 3.05) is 31.2 Å². The maximum absolute atomic E-state index is 11.9. The van der Waals surface area contributed by atoms with Crippen LogP contribution in [0.25, 0.3) is 6.08 Å². The molecule has 2 rings (SSSR count). The lowest BCUT2D eigenvalue weighted by atomic mass is 9.71. The Morgan fingerprint density at radius 1 is 1.17 bits per heavy atom. The standard InChI is InChI=1S/C20H29NO3/c1-20(2)14-17(13-19(24)15-20)4-3-16-5-7-18(8-6-16)21(9-11-22)10-12-23/h3-8,17,22-23H,9-15H2,1-2H3. The highest BCUT2D eigenvalue weighted by molar-refractivity contribution is 5.80. The van der Waals surface area contributed by atoms with E-state index >= 15 is 0 Å². The van der Waals surface area contributed by atoms with Gasteiger partial charge >= 0.3 is 0 Å². The summed E-state index contributed by atoms with van der Waals surface area (Å²) in [6, 6.07) is 8.06. The molecule has 0 amide bonds. The van der Waals surface area contributed by atoms with E-state index < -0.39 is 0 Å². The van der Waals surface area contributed by atoms with Crippen LogP contribution in [0.4, 0.5) is 5.69 Å². The highest BCUT2D eigenvalue weighted by atomic mass is 16.3. The third-order valence-electron chi connectivity index (χ3n) is 4.54. The molecule has 1 aromatic carbocycles. The van der Waals surface area contributed by atoms with Gasteiger partial charge in [-0.15, -0.1) is 0 Å². The molecule has 0 radical (unpaired) electrons. The SMILES string of the molecule is CC1(C)CC(=O)CC(C=Cc2ccc(N(CCO)CCO)cc2)C1. The molecule has 1 aromatic rings. The van der Waals surface area contributed by atoms with Crippen LogP contribution in [0, 0.1) is 11.3 Å². The second-order valence-electron chi connectivity index (χ2n) is 7.43. The summed E-state index contributed by atoms with van der Waals surface area (Å²) in [6.07, 6.45) is 6.64. The van der Waals surface area contributed by atoms with Gasteiger partial charge in [-0.25, -0.2) is 0 Å². The Balaban J connectivity index is 2.01. The van der Waals surface area contributed by atoms with Crippen molar-refractivity contribution in [2.24, 2.45) is 11.3 Å². The Morgan fingerprint density at radius 3 is 2.33 bits per heavy atom. The predicted molar refractivity (Wildman–Crippen MR) is 98.0 cm³/mol. The van der Waals surface area contributed by atoms with E-state index in [-0.39, 0.29) is 18.6 Å². The average molecular weight is 331 g/mol. The van der Waals surface area contributed by atoms with E-state index in [1.54, 1.807) is 0 Å². The van der Waals surface area contributed by atoms with Crippen LogP contribution in [0.15, 0.2) is 30.3 Å². The molecule has 1 unspecified atom stereocenters. The number of carbonyl (C=O) groups is 1. The molecule has 2 N–H and O–H groups in total. The summed E-state index contributed by atoms with van der Waals surface area (Å²) in [6.45, 7) is 5.47. The van der Waals surface area contributed by atoms with E-state index in [2.05, 4.69) is 26.0 Å². The minimum Gasteiger partial charge on any atom is -0.395 e.